The Morgan fingerprint density at radius 1 is 1.46 bits per heavy atom. The summed E-state index contributed by atoms with van der Waals surface area (Å²) in [7, 11) is 0. The Kier molecular flexibility index (Phi) is 2.05. The first-order chi connectivity index (χ1) is 6.25. The minimum absolute atomic E-state index is 0.650. The summed E-state index contributed by atoms with van der Waals surface area (Å²) in [5.41, 5.74) is 2.01. The van der Waals surface area contributed by atoms with Crippen molar-refractivity contribution in [2.75, 3.05) is 0 Å². The van der Waals surface area contributed by atoms with Crippen LogP contribution < -0.4 is 0 Å². The van der Waals surface area contributed by atoms with E-state index in [0.29, 0.717) is 5.92 Å². The summed E-state index contributed by atoms with van der Waals surface area (Å²) in [5.74, 6) is 0.650. The molecule has 2 heterocycles. The van der Waals surface area contributed by atoms with Crippen molar-refractivity contribution >= 4 is 11.0 Å². The molecule has 0 aliphatic carbocycles. The highest BCUT2D eigenvalue weighted by atomic mass is 16.3. The molecule has 0 aliphatic heterocycles. The summed E-state index contributed by atoms with van der Waals surface area (Å²) >= 11 is 0. The Bertz CT molecular complexity index is 403. The number of pyridine rings is 1. The van der Waals surface area contributed by atoms with Gasteiger partial charge in [0.1, 0.15) is 0 Å². The lowest BCUT2D eigenvalue weighted by Gasteiger charge is -2.02. The van der Waals surface area contributed by atoms with Crippen LogP contribution in [0.1, 0.15) is 19.5 Å². The predicted octanol–water partition coefficient (Wildman–Crippen LogP) is 3.03. The fourth-order valence-corrected chi connectivity index (χ4v) is 1.44. The van der Waals surface area contributed by atoms with E-state index in [2.05, 4.69) is 24.9 Å². The van der Waals surface area contributed by atoms with Crippen LogP contribution in [0.5, 0.6) is 0 Å². The molecule has 0 N–H and O–H groups in total. The molecule has 0 aromatic carbocycles. The van der Waals surface area contributed by atoms with E-state index in [1.165, 1.54) is 0 Å². The Morgan fingerprint density at radius 3 is 3.08 bits per heavy atom. The molecule has 0 aliphatic rings. The van der Waals surface area contributed by atoms with Gasteiger partial charge in [-0.2, -0.15) is 0 Å². The van der Waals surface area contributed by atoms with Crippen molar-refractivity contribution < 1.29 is 4.42 Å². The maximum Gasteiger partial charge on any atom is 0.152 e. The predicted molar refractivity (Wildman–Crippen MR) is 52.6 cm³/mol. The summed E-state index contributed by atoms with van der Waals surface area (Å²) in [6.07, 6.45) is 4.53. The van der Waals surface area contributed by atoms with Gasteiger partial charge in [0.05, 0.1) is 12.5 Å². The number of aromatic nitrogens is 1. The molecular formula is C11H13NO. The minimum Gasteiger partial charge on any atom is -0.463 e. The highest BCUT2D eigenvalue weighted by Gasteiger charge is 2.02. The lowest BCUT2D eigenvalue weighted by atomic mass is 10.1. The number of hydrogen-bond donors (Lipinski definition) is 0. The third-order valence-electron chi connectivity index (χ3n) is 2.01. The average molecular weight is 175 g/mol. The van der Waals surface area contributed by atoms with Gasteiger partial charge in [0.2, 0.25) is 0 Å². The Balaban J connectivity index is 2.37. The first kappa shape index (κ1) is 8.30. The smallest absolute Gasteiger partial charge is 0.152 e. The quantitative estimate of drug-likeness (QED) is 0.701. The third kappa shape index (κ3) is 1.72. The third-order valence-corrected chi connectivity index (χ3v) is 2.01. The summed E-state index contributed by atoms with van der Waals surface area (Å²) < 4.78 is 5.22. The molecule has 2 aromatic rings. The van der Waals surface area contributed by atoms with Crippen LogP contribution in [-0.4, -0.2) is 4.98 Å². The number of fused-ring (bicyclic) bond motifs is 1. The van der Waals surface area contributed by atoms with Crippen LogP contribution in [0.2, 0.25) is 0 Å². The first-order valence-electron chi connectivity index (χ1n) is 4.58. The minimum atomic E-state index is 0.650. The van der Waals surface area contributed by atoms with E-state index in [1.54, 1.807) is 12.5 Å². The molecule has 0 fully saturated rings. The van der Waals surface area contributed by atoms with Crippen molar-refractivity contribution in [3.8, 4) is 0 Å². The molecule has 2 heteroatoms. The van der Waals surface area contributed by atoms with Gasteiger partial charge >= 0.3 is 0 Å². The standard InChI is InChI=1S/C11H13NO/c1-8(2)5-10-6-9-3-4-13-11(9)7-12-10/h3-4,6-8H,5H2,1-2H3. The van der Waals surface area contributed by atoms with Gasteiger partial charge in [-0.15, -0.1) is 0 Å². The van der Waals surface area contributed by atoms with Gasteiger partial charge in [0, 0.05) is 11.1 Å². The topological polar surface area (TPSA) is 26.0 Å². The van der Waals surface area contributed by atoms with E-state index in [4.69, 9.17) is 4.42 Å². The SMILES string of the molecule is CC(C)Cc1cc2ccoc2cn1. The summed E-state index contributed by atoms with van der Waals surface area (Å²) in [6.45, 7) is 4.39. The van der Waals surface area contributed by atoms with Gasteiger partial charge in [-0.05, 0) is 24.5 Å². The monoisotopic (exact) mass is 175 g/mol. The summed E-state index contributed by atoms with van der Waals surface area (Å²) in [6, 6.07) is 4.07. The molecule has 0 bridgehead atoms. The molecule has 0 saturated carbocycles. The largest absolute Gasteiger partial charge is 0.463 e. The second-order valence-corrected chi connectivity index (χ2v) is 3.73. The molecular weight excluding hydrogens is 162 g/mol. The molecule has 2 nitrogen and oxygen atoms in total. The molecule has 68 valence electrons. The van der Waals surface area contributed by atoms with Crippen LogP contribution >= 0.6 is 0 Å². The Morgan fingerprint density at radius 2 is 2.31 bits per heavy atom. The maximum atomic E-state index is 5.22. The molecule has 0 unspecified atom stereocenters. The average Bonchev–Trinajstić information content (AvgIpc) is 2.49. The Labute approximate surface area is 77.6 Å². The molecule has 0 spiro atoms. The fourth-order valence-electron chi connectivity index (χ4n) is 1.44. The van der Waals surface area contributed by atoms with Gasteiger partial charge < -0.3 is 4.42 Å². The zero-order valence-electron chi connectivity index (χ0n) is 7.95. The number of rotatable bonds is 2. The molecule has 13 heavy (non-hydrogen) atoms. The van der Waals surface area contributed by atoms with Crippen LogP contribution in [-0.2, 0) is 6.42 Å². The van der Waals surface area contributed by atoms with Crippen LogP contribution in [0.4, 0.5) is 0 Å². The second-order valence-electron chi connectivity index (χ2n) is 3.73. The molecule has 0 atom stereocenters. The zero-order valence-corrected chi connectivity index (χ0v) is 7.95. The van der Waals surface area contributed by atoms with Crippen molar-refractivity contribution in [3.05, 3.63) is 30.3 Å². The number of furan rings is 1. The van der Waals surface area contributed by atoms with Crippen LogP contribution in [0.3, 0.4) is 0 Å². The van der Waals surface area contributed by atoms with Crippen molar-refractivity contribution in [3.63, 3.8) is 0 Å². The van der Waals surface area contributed by atoms with E-state index in [0.717, 1.165) is 23.1 Å². The van der Waals surface area contributed by atoms with Gasteiger partial charge in [-0.1, -0.05) is 13.8 Å². The molecule has 2 rings (SSSR count). The van der Waals surface area contributed by atoms with Gasteiger partial charge in [-0.25, -0.2) is 0 Å². The lowest BCUT2D eigenvalue weighted by Crippen LogP contribution is -1.96. The van der Waals surface area contributed by atoms with Crippen molar-refractivity contribution in [2.45, 2.75) is 20.3 Å². The van der Waals surface area contributed by atoms with Crippen LogP contribution in [0, 0.1) is 5.92 Å². The van der Waals surface area contributed by atoms with E-state index < -0.39 is 0 Å². The van der Waals surface area contributed by atoms with Gasteiger partial charge in [0.15, 0.2) is 5.58 Å². The van der Waals surface area contributed by atoms with Crippen LogP contribution in [0.15, 0.2) is 29.0 Å². The highest BCUT2D eigenvalue weighted by Crippen LogP contribution is 2.16. The number of nitrogens with zero attached hydrogens (tertiary/aromatic N) is 1. The van der Waals surface area contributed by atoms with Crippen molar-refractivity contribution in [1.29, 1.82) is 0 Å². The summed E-state index contributed by atoms with van der Waals surface area (Å²) in [5, 5.41) is 1.14. The Hall–Kier alpha value is -1.31. The maximum absolute atomic E-state index is 5.22. The van der Waals surface area contributed by atoms with Crippen molar-refractivity contribution in [1.82, 2.24) is 4.98 Å². The first-order valence-corrected chi connectivity index (χ1v) is 4.58. The second kappa shape index (κ2) is 3.21. The van der Waals surface area contributed by atoms with Crippen LogP contribution in [0.25, 0.3) is 11.0 Å². The van der Waals surface area contributed by atoms with E-state index >= 15 is 0 Å². The van der Waals surface area contributed by atoms with E-state index in [9.17, 15) is 0 Å². The highest BCUT2D eigenvalue weighted by molar-refractivity contribution is 5.76. The lowest BCUT2D eigenvalue weighted by molar-refractivity contribution is 0.610. The van der Waals surface area contributed by atoms with Gasteiger partial charge in [0.25, 0.3) is 0 Å². The molecule has 0 radical (unpaired) electrons. The molecule has 0 amide bonds. The molecule has 0 saturated heterocycles. The normalized spacial score (nSPS) is 11.3. The fraction of sp³-hybridized carbons (Fsp3) is 0.364. The summed E-state index contributed by atoms with van der Waals surface area (Å²) in [4.78, 5) is 4.33. The van der Waals surface area contributed by atoms with E-state index in [-0.39, 0.29) is 0 Å². The number of hydrogen-bond acceptors (Lipinski definition) is 2. The molecule has 2 aromatic heterocycles. The zero-order chi connectivity index (χ0) is 9.26. The van der Waals surface area contributed by atoms with Crippen molar-refractivity contribution in [2.24, 2.45) is 5.92 Å². The van der Waals surface area contributed by atoms with Gasteiger partial charge in [-0.3, -0.25) is 4.98 Å². The van der Waals surface area contributed by atoms with E-state index in [1.807, 2.05) is 6.07 Å².